The van der Waals surface area contributed by atoms with Gasteiger partial charge in [0.25, 0.3) is 0 Å². The molecule has 1 aliphatic carbocycles. The summed E-state index contributed by atoms with van der Waals surface area (Å²) in [7, 11) is 0. The number of hydrogen-bond donors (Lipinski definition) is 1. The average Bonchev–Trinajstić information content (AvgIpc) is 2.06. The minimum atomic E-state index is -0.211. The van der Waals surface area contributed by atoms with E-state index < -0.39 is 0 Å². The normalized spacial score (nSPS) is 15.9. The summed E-state index contributed by atoms with van der Waals surface area (Å²) in [6.45, 7) is 3.65. The third-order valence-corrected chi connectivity index (χ3v) is 2.00. The molecule has 0 amide bonds. The summed E-state index contributed by atoms with van der Waals surface area (Å²) in [6.07, 6.45) is 6.66. The lowest BCUT2D eigenvalue weighted by molar-refractivity contribution is -0.140. The van der Waals surface area contributed by atoms with Crippen LogP contribution in [-0.2, 0) is 9.53 Å². The Morgan fingerprint density at radius 3 is 2.00 bits per heavy atom. The van der Waals surface area contributed by atoms with E-state index in [0.29, 0.717) is 12.6 Å². The van der Waals surface area contributed by atoms with Gasteiger partial charge in [-0.05, 0) is 19.8 Å². The highest BCUT2D eigenvalue weighted by Crippen LogP contribution is 2.14. The maximum Gasteiger partial charge on any atom is 0.302 e. The zero-order chi connectivity index (χ0) is 10.1. The predicted molar refractivity (Wildman–Crippen MR) is 60.6 cm³/mol. The van der Waals surface area contributed by atoms with Gasteiger partial charge in [0, 0.05) is 13.0 Å². The Kier molecular flexibility index (Phi) is 12.5. The zero-order valence-electron chi connectivity index (χ0n) is 9.12. The van der Waals surface area contributed by atoms with Crippen LogP contribution in [0.3, 0.4) is 0 Å². The fourth-order valence-corrected chi connectivity index (χ4v) is 1.34. The van der Waals surface area contributed by atoms with Crippen molar-refractivity contribution in [3.05, 3.63) is 0 Å². The quantitative estimate of drug-likeness (QED) is 0.694. The number of rotatable bonds is 1. The SMILES string of the molecule is CCOC(C)=O.Cl.NC1CCCCC1. The smallest absolute Gasteiger partial charge is 0.302 e. The van der Waals surface area contributed by atoms with Gasteiger partial charge >= 0.3 is 5.97 Å². The van der Waals surface area contributed by atoms with Gasteiger partial charge in [-0.2, -0.15) is 0 Å². The van der Waals surface area contributed by atoms with Crippen molar-refractivity contribution in [1.82, 2.24) is 0 Å². The Morgan fingerprint density at radius 1 is 1.36 bits per heavy atom. The highest BCUT2D eigenvalue weighted by atomic mass is 35.5. The van der Waals surface area contributed by atoms with Gasteiger partial charge in [0.05, 0.1) is 6.61 Å². The number of carbonyl (C=O) groups is 1. The Bertz CT molecular complexity index is 136. The largest absolute Gasteiger partial charge is 0.466 e. The summed E-state index contributed by atoms with van der Waals surface area (Å²) in [6, 6.07) is 0.536. The van der Waals surface area contributed by atoms with Gasteiger partial charge in [0.1, 0.15) is 0 Å². The number of hydrogen-bond acceptors (Lipinski definition) is 3. The molecule has 0 unspecified atom stereocenters. The van der Waals surface area contributed by atoms with E-state index in [-0.39, 0.29) is 18.4 Å². The Labute approximate surface area is 92.8 Å². The van der Waals surface area contributed by atoms with Gasteiger partial charge < -0.3 is 10.5 Å². The lowest BCUT2D eigenvalue weighted by Gasteiger charge is -2.15. The molecule has 3 nitrogen and oxygen atoms in total. The van der Waals surface area contributed by atoms with Crippen LogP contribution >= 0.6 is 12.4 Å². The van der Waals surface area contributed by atoms with E-state index in [2.05, 4.69) is 4.74 Å². The summed E-state index contributed by atoms with van der Waals surface area (Å²) < 4.78 is 4.40. The molecular formula is C10H22ClNO2. The molecule has 0 radical (unpaired) electrons. The van der Waals surface area contributed by atoms with Crippen molar-refractivity contribution in [3.8, 4) is 0 Å². The second-order valence-electron chi connectivity index (χ2n) is 3.32. The number of carbonyl (C=O) groups excluding carboxylic acids is 1. The minimum absolute atomic E-state index is 0. The standard InChI is InChI=1S/C6H13N.C4H8O2.ClH/c7-6-4-2-1-3-5-6;1-3-6-4(2)5;/h6H,1-5,7H2;3H2,1-2H3;1H. The first-order valence-electron chi connectivity index (χ1n) is 5.05. The topological polar surface area (TPSA) is 52.3 Å². The second-order valence-corrected chi connectivity index (χ2v) is 3.32. The maximum absolute atomic E-state index is 9.82. The van der Waals surface area contributed by atoms with Crippen molar-refractivity contribution in [1.29, 1.82) is 0 Å². The molecule has 0 heterocycles. The van der Waals surface area contributed by atoms with Gasteiger partial charge in [0.2, 0.25) is 0 Å². The lowest BCUT2D eigenvalue weighted by atomic mass is 9.97. The van der Waals surface area contributed by atoms with Crippen LogP contribution in [-0.4, -0.2) is 18.6 Å². The second kappa shape index (κ2) is 10.8. The van der Waals surface area contributed by atoms with Crippen molar-refractivity contribution in [3.63, 3.8) is 0 Å². The van der Waals surface area contributed by atoms with Crippen LogP contribution in [0, 0.1) is 0 Å². The first kappa shape index (κ1) is 16.2. The summed E-state index contributed by atoms with van der Waals surface area (Å²) in [5.74, 6) is -0.211. The number of halogens is 1. The fraction of sp³-hybridized carbons (Fsp3) is 0.900. The Hall–Kier alpha value is -0.280. The molecule has 0 aromatic rings. The summed E-state index contributed by atoms with van der Waals surface area (Å²) >= 11 is 0. The molecule has 0 aromatic carbocycles. The molecule has 1 aliphatic rings. The molecule has 0 aromatic heterocycles. The third kappa shape index (κ3) is 11.7. The average molecular weight is 224 g/mol. The molecule has 0 spiro atoms. The Morgan fingerprint density at radius 2 is 1.86 bits per heavy atom. The molecule has 0 saturated heterocycles. The zero-order valence-corrected chi connectivity index (χ0v) is 9.94. The van der Waals surface area contributed by atoms with Gasteiger partial charge in [-0.3, -0.25) is 4.79 Å². The molecule has 1 fully saturated rings. The van der Waals surface area contributed by atoms with Crippen molar-refractivity contribution in [2.24, 2.45) is 5.73 Å². The molecule has 14 heavy (non-hydrogen) atoms. The highest BCUT2D eigenvalue weighted by molar-refractivity contribution is 5.85. The van der Waals surface area contributed by atoms with Crippen LogP contribution in [0.5, 0.6) is 0 Å². The summed E-state index contributed by atoms with van der Waals surface area (Å²) in [5.41, 5.74) is 5.63. The van der Waals surface area contributed by atoms with E-state index in [1.807, 2.05) is 0 Å². The van der Waals surface area contributed by atoms with E-state index in [1.54, 1.807) is 6.92 Å². The maximum atomic E-state index is 9.82. The molecule has 86 valence electrons. The van der Waals surface area contributed by atoms with Gasteiger partial charge in [-0.25, -0.2) is 0 Å². The summed E-state index contributed by atoms with van der Waals surface area (Å²) in [5, 5.41) is 0. The van der Waals surface area contributed by atoms with Crippen LogP contribution in [0.15, 0.2) is 0 Å². The van der Waals surface area contributed by atoms with Gasteiger partial charge in [0.15, 0.2) is 0 Å². The molecule has 4 heteroatoms. The monoisotopic (exact) mass is 223 g/mol. The van der Waals surface area contributed by atoms with Crippen LogP contribution in [0.25, 0.3) is 0 Å². The van der Waals surface area contributed by atoms with Gasteiger partial charge in [-0.1, -0.05) is 19.3 Å². The molecule has 1 saturated carbocycles. The highest BCUT2D eigenvalue weighted by Gasteiger charge is 2.06. The molecule has 2 N–H and O–H groups in total. The first-order chi connectivity index (χ1) is 6.16. The van der Waals surface area contributed by atoms with E-state index in [1.165, 1.54) is 39.0 Å². The van der Waals surface area contributed by atoms with Crippen molar-refractivity contribution < 1.29 is 9.53 Å². The van der Waals surface area contributed by atoms with Crippen molar-refractivity contribution >= 4 is 18.4 Å². The molecule has 0 atom stereocenters. The Balaban J connectivity index is 0. The number of ether oxygens (including phenoxy) is 1. The lowest BCUT2D eigenvalue weighted by Crippen LogP contribution is -2.22. The predicted octanol–water partition coefficient (Wildman–Crippen LogP) is 2.27. The molecular weight excluding hydrogens is 202 g/mol. The van der Waals surface area contributed by atoms with E-state index >= 15 is 0 Å². The van der Waals surface area contributed by atoms with E-state index in [4.69, 9.17) is 5.73 Å². The van der Waals surface area contributed by atoms with Crippen LogP contribution < -0.4 is 5.73 Å². The van der Waals surface area contributed by atoms with Crippen LogP contribution in [0.2, 0.25) is 0 Å². The van der Waals surface area contributed by atoms with E-state index in [0.717, 1.165) is 0 Å². The molecule has 0 aliphatic heterocycles. The van der Waals surface area contributed by atoms with Crippen molar-refractivity contribution in [2.45, 2.75) is 52.0 Å². The number of esters is 1. The van der Waals surface area contributed by atoms with E-state index in [9.17, 15) is 4.79 Å². The van der Waals surface area contributed by atoms with Crippen LogP contribution in [0.1, 0.15) is 46.0 Å². The van der Waals surface area contributed by atoms with Crippen molar-refractivity contribution in [2.75, 3.05) is 6.61 Å². The minimum Gasteiger partial charge on any atom is -0.466 e. The first-order valence-corrected chi connectivity index (χ1v) is 5.05. The molecule has 0 bridgehead atoms. The number of nitrogens with two attached hydrogens (primary N) is 1. The fourth-order valence-electron chi connectivity index (χ4n) is 1.34. The third-order valence-electron chi connectivity index (χ3n) is 2.00. The van der Waals surface area contributed by atoms with Crippen LogP contribution in [0.4, 0.5) is 0 Å². The van der Waals surface area contributed by atoms with Gasteiger partial charge in [-0.15, -0.1) is 12.4 Å². The summed E-state index contributed by atoms with van der Waals surface area (Å²) in [4.78, 5) is 9.82. The molecule has 1 rings (SSSR count).